The number of oxazole rings is 2. The highest BCUT2D eigenvalue weighted by atomic mass is 32.2. The smallest absolute Gasteiger partial charge is 0.273 e. The summed E-state index contributed by atoms with van der Waals surface area (Å²) in [6.45, 7) is 2.32. The molecule has 3 aromatic heterocycles. The Morgan fingerprint density at radius 3 is 2.93 bits per heavy atom. The Labute approximate surface area is 159 Å². The molecule has 0 saturated carbocycles. The number of nitrogens with one attached hydrogen (secondary N) is 1. The standard InChI is InChI=1S/C19H16N4O3S/c1-12-5-4-7-15-17(12)23-19(26-15)27-11-16-22-14(10-25-16)18(24)21-9-13-6-2-3-8-20-13/h2-8,10H,9,11H2,1H3,(H,21,24). The molecule has 7 nitrogen and oxygen atoms in total. The van der Waals surface area contributed by atoms with Crippen molar-refractivity contribution in [2.75, 3.05) is 0 Å². The van der Waals surface area contributed by atoms with Gasteiger partial charge in [0, 0.05) is 6.20 Å². The number of hydrogen-bond donors (Lipinski definition) is 1. The quantitative estimate of drug-likeness (QED) is 0.509. The van der Waals surface area contributed by atoms with Crippen LogP contribution in [0.15, 0.2) is 62.9 Å². The van der Waals surface area contributed by atoms with Gasteiger partial charge in [0.05, 0.1) is 18.0 Å². The number of para-hydroxylation sites is 1. The van der Waals surface area contributed by atoms with Gasteiger partial charge in [-0.1, -0.05) is 30.0 Å². The van der Waals surface area contributed by atoms with Crippen LogP contribution in [-0.4, -0.2) is 20.9 Å². The zero-order chi connectivity index (χ0) is 18.6. The molecule has 1 aromatic carbocycles. The molecule has 1 amide bonds. The zero-order valence-corrected chi connectivity index (χ0v) is 15.3. The first kappa shape index (κ1) is 17.3. The normalized spacial score (nSPS) is 11.0. The summed E-state index contributed by atoms with van der Waals surface area (Å²) in [4.78, 5) is 25.0. The van der Waals surface area contributed by atoms with Crippen LogP contribution in [0, 0.1) is 6.92 Å². The second kappa shape index (κ2) is 7.63. The summed E-state index contributed by atoms with van der Waals surface area (Å²) in [7, 11) is 0. The third-order valence-corrected chi connectivity index (χ3v) is 4.67. The van der Waals surface area contributed by atoms with Crippen molar-refractivity contribution in [1.82, 2.24) is 20.3 Å². The molecule has 27 heavy (non-hydrogen) atoms. The molecule has 8 heteroatoms. The summed E-state index contributed by atoms with van der Waals surface area (Å²) in [5.41, 5.74) is 3.67. The maximum Gasteiger partial charge on any atom is 0.273 e. The number of benzene rings is 1. The molecule has 0 unspecified atom stereocenters. The topological polar surface area (TPSA) is 94.1 Å². The highest BCUT2D eigenvalue weighted by molar-refractivity contribution is 7.98. The minimum atomic E-state index is -0.307. The Morgan fingerprint density at radius 2 is 2.11 bits per heavy atom. The van der Waals surface area contributed by atoms with Crippen LogP contribution in [0.4, 0.5) is 0 Å². The van der Waals surface area contributed by atoms with Gasteiger partial charge < -0.3 is 14.2 Å². The fraction of sp³-hybridized carbons (Fsp3) is 0.158. The van der Waals surface area contributed by atoms with Gasteiger partial charge in [-0.05, 0) is 30.7 Å². The number of aryl methyl sites for hydroxylation is 1. The second-order valence-electron chi connectivity index (χ2n) is 5.82. The Morgan fingerprint density at radius 1 is 1.19 bits per heavy atom. The number of aromatic nitrogens is 3. The van der Waals surface area contributed by atoms with E-state index in [0.717, 1.165) is 22.4 Å². The molecule has 4 rings (SSSR count). The lowest BCUT2D eigenvalue weighted by Gasteiger charge is -2.01. The van der Waals surface area contributed by atoms with E-state index in [1.807, 2.05) is 43.3 Å². The zero-order valence-electron chi connectivity index (χ0n) is 14.5. The third-order valence-electron chi connectivity index (χ3n) is 3.86. The molecular weight excluding hydrogens is 364 g/mol. The van der Waals surface area contributed by atoms with E-state index in [2.05, 4.69) is 20.3 Å². The number of carbonyl (C=O) groups excluding carboxylic acids is 1. The van der Waals surface area contributed by atoms with Gasteiger partial charge in [0.15, 0.2) is 11.3 Å². The highest BCUT2D eigenvalue weighted by Crippen LogP contribution is 2.27. The summed E-state index contributed by atoms with van der Waals surface area (Å²) in [6, 6.07) is 11.3. The fourth-order valence-electron chi connectivity index (χ4n) is 2.50. The molecule has 0 bridgehead atoms. The SMILES string of the molecule is Cc1cccc2oc(SCc3nc(C(=O)NCc4ccccn4)co3)nc12. The minimum Gasteiger partial charge on any atom is -0.447 e. The molecule has 1 N–H and O–H groups in total. The molecule has 136 valence electrons. The van der Waals surface area contributed by atoms with Gasteiger partial charge in [-0.25, -0.2) is 9.97 Å². The average Bonchev–Trinajstić information content (AvgIpc) is 3.33. The van der Waals surface area contributed by atoms with Crippen LogP contribution in [0.2, 0.25) is 0 Å². The number of nitrogens with zero attached hydrogens (tertiary/aromatic N) is 3. The molecule has 3 heterocycles. The number of pyridine rings is 1. The van der Waals surface area contributed by atoms with Gasteiger partial charge in [-0.2, -0.15) is 0 Å². The second-order valence-corrected chi connectivity index (χ2v) is 6.75. The molecule has 0 spiro atoms. The van der Waals surface area contributed by atoms with E-state index < -0.39 is 0 Å². The maximum atomic E-state index is 12.2. The number of thioether (sulfide) groups is 1. The van der Waals surface area contributed by atoms with Crippen LogP contribution in [0.25, 0.3) is 11.1 Å². The molecule has 0 aliphatic carbocycles. The van der Waals surface area contributed by atoms with Crippen LogP contribution in [0.3, 0.4) is 0 Å². The Balaban J connectivity index is 1.36. The highest BCUT2D eigenvalue weighted by Gasteiger charge is 2.14. The van der Waals surface area contributed by atoms with Crippen molar-refractivity contribution in [2.24, 2.45) is 0 Å². The number of fused-ring (bicyclic) bond motifs is 1. The van der Waals surface area contributed by atoms with Gasteiger partial charge in [-0.15, -0.1) is 0 Å². The number of hydrogen-bond acceptors (Lipinski definition) is 7. The van der Waals surface area contributed by atoms with Gasteiger partial charge in [-0.3, -0.25) is 9.78 Å². The first-order valence-electron chi connectivity index (χ1n) is 8.30. The summed E-state index contributed by atoms with van der Waals surface area (Å²) in [5, 5.41) is 3.31. The third kappa shape index (κ3) is 4.01. The van der Waals surface area contributed by atoms with E-state index in [4.69, 9.17) is 8.83 Å². The molecule has 0 saturated heterocycles. The minimum absolute atomic E-state index is 0.231. The number of amides is 1. The first-order valence-corrected chi connectivity index (χ1v) is 9.29. The first-order chi connectivity index (χ1) is 13.2. The van der Waals surface area contributed by atoms with E-state index in [0.29, 0.717) is 23.4 Å². The van der Waals surface area contributed by atoms with Crippen molar-refractivity contribution >= 4 is 28.8 Å². The Bertz CT molecular complexity index is 1070. The number of rotatable bonds is 6. The molecule has 0 atom stereocenters. The van der Waals surface area contributed by atoms with Crippen LogP contribution < -0.4 is 5.32 Å². The largest absolute Gasteiger partial charge is 0.447 e. The maximum absolute atomic E-state index is 12.2. The van der Waals surface area contributed by atoms with Gasteiger partial charge in [0.25, 0.3) is 11.1 Å². The average molecular weight is 380 g/mol. The van der Waals surface area contributed by atoms with Gasteiger partial charge in [0.2, 0.25) is 5.89 Å². The van der Waals surface area contributed by atoms with Crippen molar-refractivity contribution in [3.63, 3.8) is 0 Å². The Kier molecular flexibility index (Phi) is 4.88. The predicted molar refractivity (Wildman–Crippen MR) is 100 cm³/mol. The molecule has 0 fully saturated rings. The lowest BCUT2D eigenvalue weighted by Crippen LogP contribution is -2.23. The lowest BCUT2D eigenvalue weighted by atomic mass is 10.2. The van der Waals surface area contributed by atoms with Gasteiger partial charge in [0.1, 0.15) is 11.8 Å². The van der Waals surface area contributed by atoms with Crippen molar-refractivity contribution in [1.29, 1.82) is 0 Å². The monoisotopic (exact) mass is 380 g/mol. The summed E-state index contributed by atoms with van der Waals surface area (Å²) in [6.07, 6.45) is 3.03. The van der Waals surface area contributed by atoms with Gasteiger partial charge >= 0.3 is 0 Å². The van der Waals surface area contributed by atoms with Crippen LogP contribution in [0.1, 0.15) is 27.6 Å². The Hall–Kier alpha value is -3.13. The van der Waals surface area contributed by atoms with Crippen molar-refractivity contribution in [3.05, 3.63) is 71.7 Å². The van der Waals surface area contributed by atoms with Crippen molar-refractivity contribution < 1.29 is 13.6 Å². The lowest BCUT2D eigenvalue weighted by molar-refractivity contribution is 0.0945. The van der Waals surface area contributed by atoms with Crippen LogP contribution >= 0.6 is 11.8 Å². The van der Waals surface area contributed by atoms with Crippen molar-refractivity contribution in [2.45, 2.75) is 24.4 Å². The van der Waals surface area contributed by atoms with Crippen LogP contribution in [0.5, 0.6) is 0 Å². The molecule has 4 aromatic rings. The van der Waals surface area contributed by atoms with E-state index in [9.17, 15) is 4.79 Å². The molecule has 0 aliphatic heterocycles. The fourth-order valence-corrected chi connectivity index (χ4v) is 3.18. The molecule has 0 radical (unpaired) electrons. The summed E-state index contributed by atoms with van der Waals surface area (Å²) in [5.74, 6) is 0.541. The summed E-state index contributed by atoms with van der Waals surface area (Å²) >= 11 is 1.37. The van der Waals surface area contributed by atoms with E-state index in [1.165, 1.54) is 18.0 Å². The molecule has 0 aliphatic rings. The number of carbonyl (C=O) groups is 1. The van der Waals surface area contributed by atoms with Crippen LogP contribution in [-0.2, 0) is 12.3 Å². The predicted octanol–water partition coefficient (Wildman–Crippen LogP) is 3.74. The van der Waals surface area contributed by atoms with Crippen molar-refractivity contribution in [3.8, 4) is 0 Å². The molecular formula is C19H16N4O3S. The van der Waals surface area contributed by atoms with E-state index in [-0.39, 0.29) is 11.6 Å². The van der Waals surface area contributed by atoms with E-state index in [1.54, 1.807) is 6.20 Å². The van der Waals surface area contributed by atoms with E-state index >= 15 is 0 Å². The summed E-state index contributed by atoms with van der Waals surface area (Å²) < 4.78 is 11.1.